The van der Waals surface area contributed by atoms with Crippen molar-refractivity contribution >= 4 is 23.5 Å². The topological polar surface area (TPSA) is 72.8 Å². The van der Waals surface area contributed by atoms with E-state index in [4.69, 9.17) is 9.47 Å². The number of carbonyl (C=O) groups is 1. The maximum absolute atomic E-state index is 12.0. The second-order valence-corrected chi connectivity index (χ2v) is 5.45. The smallest absolute Gasteiger partial charge is 0.284 e. The Kier molecular flexibility index (Phi) is 3.83. The molecule has 0 saturated carbocycles. The standard InChI is InChI=1S/C14H13N3O3S/c1-9-16-10(8-21-9)6-15-17-14(18)13-7-19-11-4-2-3-5-12(11)20-13/h2-6,8,13H,7H2,1H3,(H,17,18)/b15-6-/t13-/m1/s1. The first-order valence-electron chi connectivity index (χ1n) is 6.36. The number of benzene rings is 1. The zero-order chi connectivity index (χ0) is 14.7. The van der Waals surface area contributed by atoms with Gasteiger partial charge in [-0.25, -0.2) is 10.4 Å². The van der Waals surface area contributed by atoms with Gasteiger partial charge in [-0.1, -0.05) is 12.1 Å². The molecule has 1 aliphatic heterocycles. The number of nitrogens with zero attached hydrogens (tertiary/aromatic N) is 2. The third kappa shape index (κ3) is 3.19. The number of nitrogens with one attached hydrogen (secondary N) is 1. The minimum absolute atomic E-state index is 0.161. The molecule has 0 spiro atoms. The van der Waals surface area contributed by atoms with Crippen LogP contribution < -0.4 is 14.9 Å². The van der Waals surface area contributed by atoms with E-state index in [0.29, 0.717) is 17.2 Å². The molecule has 1 aromatic carbocycles. The number of aryl methyl sites for hydroxylation is 1. The van der Waals surface area contributed by atoms with Gasteiger partial charge < -0.3 is 9.47 Å². The normalized spacial score (nSPS) is 16.9. The van der Waals surface area contributed by atoms with Gasteiger partial charge in [-0.15, -0.1) is 11.3 Å². The SMILES string of the molecule is Cc1nc(/C=N\NC(=O)[C@H]2COc3ccccc3O2)cs1. The molecule has 6 nitrogen and oxygen atoms in total. The minimum atomic E-state index is -0.714. The van der Waals surface area contributed by atoms with Crippen LogP contribution in [0, 0.1) is 6.92 Å². The van der Waals surface area contributed by atoms with E-state index in [-0.39, 0.29) is 12.5 Å². The van der Waals surface area contributed by atoms with Crippen LogP contribution in [0.3, 0.4) is 0 Å². The molecule has 0 radical (unpaired) electrons. The van der Waals surface area contributed by atoms with E-state index in [1.54, 1.807) is 12.1 Å². The maximum atomic E-state index is 12.0. The Morgan fingerprint density at radius 3 is 3.05 bits per heavy atom. The quantitative estimate of drug-likeness (QED) is 0.692. The molecule has 3 rings (SSSR count). The van der Waals surface area contributed by atoms with Crippen molar-refractivity contribution in [3.8, 4) is 11.5 Å². The van der Waals surface area contributed by atoms with Crippen LogP contribution in [-0.4, -0.2) is 29.8 Å². The summed E-state index contributed by atoms with van der Waals surface area (Å²) in [7, 11) is 0. The van der Waals surface area contributed by atoms with Gasteiger partial charge in [0.1, 0.15) is 6.61 Å². The molecule has 1 aliphatic rings. The number of carbonyl (C=O) groups excluding carboxylic acids is 1. The lowest BCUT2D eigenvalue weighted by Crippen LogP contribution is -2.42. The summed E-state index contributed by atoms with van der Waals surface area (Å²) in [6.45, 7) is 2.07. The van der Waals surface area contributed by atoms with Crippen LogP contribution in [0.5, 0.6) is 11.5 Å². The highest BCUT2D eigenvalue weighted by molar-refractivity contribution is 7.09. The fourth-order valence-corrected chi connectivity index (χ4v) is 2.39. The Labute approximate surface area is 125 Å². The van der Waals surface area contributed by atoms with Crippen molar-refractivity contribution in [2.75, 3.05) is 6.61 Å². The molecule has 1 atom stereocenters. The minimum Gasteiger partial charge on any atom is -0.485 e. The first kappa shape index (κ1) is 13.6. The number of thiazole rings is 1. The molecule has 0 unspecified atom stereocenters. The predicted molar refractivity (Wildman–Crippen MR) is 78.9 cm³/mol. The summed E-state index contributed by atoms with van der Waals surface area (Å²) in [6.07, 6.45) is 0.785. The zero-order valence-electron chi connectivity index (χ0n) is 11.3. The van der Waals surface area contributed by atoms with E-state index in [1.165, 1.54) is 17.6 Å². The number of rotatable bonds is 3. The lowest BCUT2D eigenvalue weighted by Gasteiger charge is -2.24. The second kappa shape index (κ2) is 5.92. The van der Waals surface area contributed by atoms with Crippen LogP contribution in [0.2, 0.25) is 0 Å². The van der Waals surface area contributed by atoms with Crippen molar-refractivity contribution in [2.45, 2.75) is 13.0 Å². The molecular weight excluding hydrogens is 290 g/mol. The number of hydrazone groups is 1. The number of amides is 1. The van der Waals surface area contributed by atoms with Crippen LogP contribution in [0.4, 0.5) is 0 Å². The van der Waals surface area contributed by atoms with E-state index < -0.39 is 6.10 Å². The zero-order valence-corrected chi connectivity index (χ0v) is 12.1. The third-order valence-electron chi connectivity index (χ3n) is 2.81. The molecule has 108 valence electrons. The Morgan fingerprint density at radius 1 is 1.48 bits per heavy atom. The van der Waals surface area contributed by atoms with Gasteiger partial charge in [0.15, 0.2) is 11.5 Å². The van der Waals surface area contributed by atoms with Crippen LogP contribution in [0.15, 0.2) is 34.7 Å². The van der Waals surface area contributed by atoms with Crippen LogP contribution in [-0.2, 0) is 4.79 Å². The number of para-hydroxylation sites is 2. The molecular formula is C14H13N3O3S. The first-order chi connectivity index (χ1) is 10.2. The van der Waals surface area contributed by atoms with Crippen molar-refractivity contribution in [3.05, 3.63) is 40.3 Å². The van der Waals surface area contributed by atoms with Gasteiger partial charge >= 0.3 is 0 Å². The number of ether oxygens (including phenoxy) is 2. The molecule has 1 amide bonds. The average Bonchev–Trinajstić information content (AvgIpc) is 2.92. The summed E-state index contributed by atoms with van der Waals surface area (Å²) < 4.78 is 11.1. The highest BCUT2D eigenvalue weighted by Gasteiger charge is 2.26. The Bertz CT molecular complexity index is 684. The van der Waals surface area contributed by atoms with Crippen molar-refractivity contribution in [1.29, 1.82) is 0 Å². The van der Waals surface area contributed by atoms with Crippen LogP contribution in [0.25, 0.3) is 0 Å². The highest BCUT2D eigenvalue weighted by atomic mass is 32.1. The Morgan fingerprint density at radius 2 is 2.29 bits per heavy atom. The summed E-state index contributed by atoms with van der Waals surface area (Å²) in [5, 5.41) is 6.68. The number of aromatic nitrogens is 1. The summed E-state index contributed by atoms with van der Waals surface area (Å²) in [5.41, 5.74) is 3.14. The van der Waals surface area contributed by atoms with Gasteiger partial charge in [-0.05, 0) is 19.1 Å². The van der Waals surface area contributed by atoms with Crippen molar-refractivity contribution in [3.63, 3.8) is 0 Å². The molecule has 0 aliphatic carbocycles. The summed E-state index contributed by atoms with van der Waals surface area (Å²) >= 11 is 1.52. The van der Waals surface area contributed by atoms with E-state index in [0.717, 1.165) is 5.01 Å². The van der Waals surface area contributed by atoms with Gasteiger partial charge in [-0.2, -0.15) is 5.10 Å². The van der Waals surface area contributed by atoms with Gasteiger partial charge in [0.2, 0.25) is 6.10 Å². The van der Waals surface area contributed by atoms with E-state index in [2.05, 4.69) is 15.5 Å². The van der Waals surface area contributed by atoms with Crippen molar-refractivity contribution in [1.82, 2.24) is 10.4 Å². The summed E-state index contributed by atoms with van der Waals surface area (Å²) in [6, 6.07) is 7.23. The molecule has 0 fully saturated rings. The summed E-state index contributed by atoms with van der Waals surface area (Å²) in [4.78, 5) is 16.2. The van der Waals surface area contributed by atoms with Gasteiger partial charge in [-0.3, -0.25) is 4.79 Å². The molecule has 1 aromatic heterocycles. The molecule has 2 heterocycles. The Balaban J connectivity index is 1.58. The predicted octanol–water partition coefficient (Wildman–Crippen LogP) is 1.74. The van der Waals surface area contributed by atoms with Crippen LogP contribution >= 0.6 is 11.3 Å². The van der Waals surface area contributed by atoms with Gasteiger partial charge in [0, 0.05) is 5.38 Å². The van der Waals surface area contributed by atoms with E-state index >= 15 is 0 Å². The molecule has 2 aromatic rings. The van der Waals surface area contributed by atoms with Crippen molar-refractivity contribution < 1.29 is 14.3 Å². The lowest BCUT2D eigenvalue weighted by molar-refractivity contribution is -0.130. The lowest BCUT2D eigenvalue weighted by atomic mass is 10.2. The summed E-state index contributed by atoms with van der Waals surface area (Å²) in [5.74, 6) is 0.846. The first-order valence-corrected chi connectivity index (χ1v) is 7.24. The number of hydrogen-bond donors (Lipinski definition) is 1. The Hall–Kier alpha value is -2.41. The fourth-order valence-electron chi connectivity index (χ4n) is 1.82. The van der Waals surface area contributed by atoms with E-state index in [9.17, 15) is 4.79 Å². The molecule has 0 saturated heterocycles. The van der Waals surface area contributed by atoms with Crippen LogP contribution in [0.1, 0.15) is 10.7 Å². The number of hydrogen-bond acceptors (Lipinski definition) is 6. The molecule has 21 heavy (non-hydrogen) atoms. The molecule has 0 bridgehead atoms. The van der Waals surface area contributed by atoms with Gasteiger partial charge in [0.25, 0.3) is 5.91 Å². The maximum Gasteiger partial charge on any atom is 0.284 e. The van der Waals surface area contributed by atoms with E-state index in [1.807, 2.05) is 24.4 Å². The van der Waals surface area contributed by atoms with Gasteiger partial charge in [0.05, 0.1) is 16.9 Å². The average molecular weight is 303 g/mol. The molecule has 1 N–H and O–H groups in total. The monoisotopic (exact) mass is 303 g/mol. The largest absolute Gasteiger partial charge is 0.485 e. The highest BCUT2D eigenvalue weighted by Crippen LogP contribution is 2.30. The third-order valence-corrected chi connectivity index (χ3v) is 3.60. The van der Waals surface area contributed by atoms with Crippen molar-refractivity contribution in [2.24, 2.45) is 5.10 Å². The number of fused-ring (bicyclic) bond motifs is 1. The second-order valence-electron chi connectivity index (χ2n) is 4.39. The molecule has 7 heteroatoms. The fraction of sp³-hybridized carbons (Fsp3) is 0.214.